The van der Waals surface area contributed by atoms with Crippen LogP contribution >= 0.6 is 0 Å². The van der Waals surface area contributed by atoms with E-state index in [1.165, 1.54) is 8.85 Å². The summed E-state index contributed by atoms with van der Waals surface area (Å²) >= 11 is -3.78. The van der Waals surface area contributed by atoms with Gasteiger partial charge in [0.25, 0.3) is 0 Å². The average molecular weight is 390 g/mol. The monoisotopic (exact) mass is 388 g/mol. The molecule has 0 saturated heterocycles. The van der Waals surface area contributed by atoms with Gasteiger partial charge >= 0.3 is 143 Å². The van der Waals surface area contributed by atoms with Crippen LogP contribution in [0.4, 0.5) is 0 Å². The maximum atomic E-state index is 6.42. The molecular weight excluding hydrogens is 355 g/mol. The van der Waals surface area contributed by atoms with Crippen LogP contribution in [0.1, 0.15) is 68.2 Å². The van der Waals surface area contributed by atoms with Gasteiger partial charge in [-0.1, -0.05) is 0 Å². The standard InChI is InChI=1S/C9H13.3C3H7O.Zr/c1-8(2)7-9-5-3-4-6-9;3*1-3(2)4;/h3,5,8H,4,7H2,1-2H3;3*3H,1-2H3;/q;3*-1;+3. The van der Waals surface area contributed by atoms with Crippen LogP contribution in [-0.4, -0.2) is 18.3 Å². The second-order valence-corrected chi connectivity index (χ2v) is 13.2. The molecule has 0 aromatic rings. The fourth-order valence-corrected chi connectivity index (χ4v) is 11.1. The van der Waals surface area contributed by atoms with Crippen molar-refractivity contribution in [3.8, 4) is 0 Å². The van der Waals surface area contributed by atoms with Crippen molar-refractivity contribution in [2.45, 2.75) is 86.5 Å². The van der Waals surface area contributed by atoms with E-state index < -0.39 is 21.6 Å². The Morgan fingerprint density at radius 1 is 0.864 bits per heavy atom. The van der Waals surface area contributed by atoms with Crippen LogP contribution in [0.2, 0.25) is 0 Å². The first-order valence-electron chi connectivity index (χ1n) is 8.58. The van der Waals surface area contributed by atoms with Crippen molar-refractivity contribution >= 4 is 0 Å². The first kappa shape index (κ1) is 20.3. The zero-order valence-electron chi connectivity index (χ0n) is 15.6. The summed E-state index contributed by atoms with van der Waals surface area (Å²) in [5.41, 5.74) is 1.38. The van der Waals surface area contributed by atoms with Crippen LogP contribution in [0.15, 0.2) is 21.0 Å². The Balaban J connectivity index is 3.26. The summed E-state index contributed by atoms with van der Waals surface area (Å²) in [7, 11) is 0. The van der Waals surface area contributed by atoms with Crippen LogP contribution in [0.25, 0.3) is 0 Å². The summed E-state index contributed by atoms with van der Waals surface area (Å²) in [4.78, 5) is 0. The van der Waals surface area contributed by atoms with Gasteiger partial charge in [-0.25, -0.2) is 0 Å². The minimum absolute atomic E-state index is 0.113. The van der Waals surface area contributed by atoms with Crippen molar-refractivity contribution < 1.29 is 30.0 Å². The molecule has 0 amide bonds. The Morgan fingerprint density at radius 3 is 1.68 bits per heavy atom. The van der Waals surface area contributed by atoms with Crippen molar-refractivity contribution in [1.82, 2.24) is 0 Å². The molecule has 22 heavy (non-hydrogen) atoms. The third-order valence-electron chi connectivity index (χ3n) is 3.20. The molecule has 0 heterocycles. The van der Waals surface area contributed by atoms with E-state index in [0.717, 1.165) is 12.8 Å². The Bertz CT molecular complexity index is 382. The fraction of sp³-hybridized carbons (Fsp3) is 0.778. The van der Waals surface area contributed by atoms with Gasteiger partial charge in [-0.05, 0) is 0 Å². The average Bonchev–Trinajstić information content (AvgIpc) is 2.73. The van der Waals surface area contributed by atoms with E-state index in [1.54, 1.807) is 0 Å². The summed E-state index contributed by atoms with van der Waals surface area (Å²) < 4.78 is 20.6. The maximum absolute atomic E-state index is 6.42. The van der Waals surface area contributed by atoms with Crippen molar-refractivity contribution in [2.75, 3.05) is 0 Å². The molecule has 0 fully saturated rings. The molecule has 0 saturated carbocycles. The Morgan fingerprint density at radius 2 is 1.32 bits per heavy atom. The Hall–Kier alpha value is 0.243. The first-order valence-corrected chi connectivity index (χ1v) is 12.8. The predicted molar refractivity (Wildman–Crippen MR) is 88.9 cm³/mol. The molecule has 0 spiro atoms. The number of rotatable bonds is 9. The Kier molecular flexibility index (Phi) is 8.22. The molecule has 0 aromatic heterocycles. The third-order valence-corrected chi connectivity index (χ3v) is 12.1. The molecule has 1 rings (SSSR count). The van der Waals surface area contributed by atoms with Crippen molar-refractivity contribution in [3.63, 3.8) is 0 Å². The van der Waals surface area contributed by atoms with Gasteiger partial charge in [0.2, 0.25) is 0 Å². The zero-order chi connectivity index (χ0) is 16.9. The van der Waals surface area contributed by atoms with Crippen molar-refractivity contribution in [3.05, 3.63) is 21.0 Å². The quantitative estimate of drug-likeness (QED) is 0.527. The first-order chi connectivity index (χ1) is 10.2. The molecular formula is C18H34O3Zr. The van der Waals surface area contributed by atoms with Gasteiger partial charge in [0.15, 0.2) is 0 Å². The SMILES string of the molecule is CC(C)CC1=[C]([Zr]([O]C(C)C)([O]C(C)C)[O]C(C)C)CC=C1. The molecule has 3 nitrogen and oxygen atoms in total. The van der Waals surface area contributed by atoms with Crippen LogP contribution in [0.5, 0.6) is 0 Å². The molecule has 1 aliphatic carbocycles. The van der Waals surface area contributed by atoms with E-state index in [9.17, 15) is 0 Å². The van der Waals surface area contributed by atoms with Gasteiger partial charge < -0.3 is 0 Å². The van der Waals surface area contributed by atoms with Gasteiger partial charge in [0, 0.05) is 0 Å². The van der Waals surface area contributed by atoms with Crippen molar-refractivity contribution in [2.24, 2.45) is 5.92 Å². The normalized spacial score (nSPS) is 16.2. The van der Waals surface area contributed by atoms with E-state index in [-0.39, 0.29) is 18.3 Å². The molecule has 0 aliphatic heterocycles. The summed E-state index contributed by atoms with van der Waals surface area (Å²) in [5.74, 6) is 0.619. The van der Waals surface area contributed by atoms with Crippen LogP contribution in [-0.2, 0) is 30.0 Å². The van der Waals surface area contributed by atoms with Crippen LogP contribution < -0.4 is 0 Å². The number of allylic oxidation sites excluding steroid dienone is 4. The van der Waals surface area contributed by atoms with E-state index in [0.29, 0.717) is 5.92 Å². The van der Waals surface area contributed by atoms with Crippen LogP contribution in [0.3, 0.4) is 0 Å². The fourth-order valence-electron chi connectivity index (χ4n) is 2.73. The molecule has 1 aliphatic rings. The van der Waals surface area contributed by atoms with Gasteiger partial charge in [-0.2, -0.15) is 0 Å². The van der Waals surface area contributed by atoms with E-state index in [1.807, 2.05) is 0 Å². The topological polar surface area (TPSA) is 27.7 Å². The van der Waals surface area contributed by atoms with Gasteiger partial charge in [-0.3, -0.25) is 0 Å². The summed E-state index contributed by atoms with van der Waals surface area (Å²) in [6.45, 7) is 16.9. The summed E-state index contributed by atoms with van der Waals surface area (Å²) in [5, 5.41) is 0. The molecule has 0 bridgehead atoms. The second kappa shape index (κ2) is 8.92. The molecule has 4 heteroatoms. The molecule has 0 N–H and O–H groups in total. The predicted octanol–water partition coefficient (Wildman–Crippen LogP) is 5.42. The van der Waals surface area contributed by atoms with E-state index in [4.69, 9.17) is 8.44 Å². The summed E-state index contributed by atoms with van der Waals surface area (Å²) in [6.07, 6.45) is 6.80. The molecule has 0 unspecified atom stereocenters. The third kappa shape index (κ3) is 6.04. The van der Waals surface area contributed by atoms with E-state index in [2.05, 4.69) is 67.5 Å². The minimum atomic E-state index is -3.78. The van der Waals surface area contributed by atoms with Crippen molar-refractivity contribution in [1.29, 1.82) is 0 Å². The molecule has 128 valence electrons. The number of hydrogen-bond acceptors (Lipinski definition) is 3. The van der Waals surface area contributed by atoms with Gasteiger partial charge in [-0.15, -0.1) is 0 Å². The molecule has 0 radical (unpaired) electrons. The molecule has 0 atom stereocenters. The second-order valence-electron chi connectivity index (χ2n) is 7.26. The van der Waals surface area contributed by atoms with Gasteiger partial charge in [0.1, 0.15) is 0 Å². The number of hydrogen-bond donors (Lipinski definition) is 0. The van der Waals surface area contributed by atoms with Gasteiger partial charge in [0.05, 0.1) is 0 Å². The summed E-state index contributed by atoms with van der Waals surface area (Å²) in [6, 6.07) is 0. The molecule has 0 aromatic carbocycles. The Labute approximate surface area is 143 Å². The van der Waals surface area contributed by atoms with Crippen LogP contribution in [0, 0.1) is 5.92 Å². The zero-order valence-corrected chi connectivity index (χ0v) is 18.1. The van der Waals surface area contributed by atoms with E-state index >= 15 is 0 Å².